The van der Waals surface area contributed by atoms with Gasteiger partial charge in [-0.25, -0.2) is 4.79 Å². The average Bonchev–Trinajstić information content (AvgIpc) is 2.36. The van der Waals surface area contributed by atoms with E-state index in [0.717, 1.165) is 0 Å². The number of carbonyl (C=O) groups is 3. The molecule has 0 aromatic heterocycles. The molecular weight excluding hydrogens is 274 g/mol. The standard InChI is InChI=1S/C15H27NO5/c1-7-16(14(19)21-15(4,5)6)10-9-12(17)11(3)13(18)20-8-2/h11H,7-10H2,1-6H3. The van der Waals surface area contributed by atoms with Gasteiger partial charge in [-0.05, 0) is 41.5 Å². The van der Waals surface area contributed by atoms with Gasteiger partial charge in [0, 0.05) is 19.5 Å². The topological polar surface area (TPSA) is 72.9 Å². The number of esters is 1. The zero-order valence-electron chi connectivity index (χ0n) is 13.9. The van der Waals surface area contributed by atoms with Crippen molar-refractivity contribution in [3.05, 3.63) is 0 Å². The van der Waals surface area contributed by atoms with E-state index in [0.29, 0.717) is 6.54 Å². The average molecular weight is 301 g/mol. The van der Waals surface area contributed by atoms with Crippen LogP contribution in [-0.4, -0.2) is 48.0 Å². The number of nitrogens with zero attached hydrogens (tertiary/aromatic N) is 1. The number of ether oxygens (including phenoxy) is 2. The summed E-state index contributed by atoms with van der Waals surface area (Å²) in [6.07, 6.45) is -0.353. The molecule has 0 radical (unpaired) electrons. The molecule has 0 heterocycles. The summed E-state index contributed by atoms with van der Waals surface area (Å²) in [5.74, 6) is -1.57. The van der Waals surface area contributed by atoms with E-state index in [2.05, 4.69) is 0 Å². The van der Waals surface area contributed by atoms with Crippen LogP contribution in [0.2, 0.25) is 0 Å². The molecule has 0 saturated heterocycles. The number of carbonyl (C=O) groups excluding carboxylic acids is 3. The molecule has 21 heavy (non-hydrogen) atoms. The van der Waals surface area contributed by atoms with Gasteiger partial charge in [-0.3, -0.25) is 9.59 Å². The van der Waals surface area contributed by atoms with Crippen LogP contribution in [0, 0.1) is 5.92 Å². The molecule has 0 saturated carbocycles. The quantitative estimate of drug-likeness (QED) is 0.533. The van der Waals surface area contributed by atoms with Crippen molar-refractivity contribution in [1.82, 2.24) is 4.90 Å². The SMILES string of the molecule is CCOC(=O)C(C)C(=O)CCN(CC)C(=O)OC(C)(C)C. The Balaban J connectivity index is 4.43. The Kier molecular flexibility index (Phi) is 7.99. The van der Waals surface area contributed by atoms with Crippen molar-refractivity contribution in [1.29, 1.82) is 0 Å². The lowest BCUT2D eigenvalue weighted by Crippen LogP contribution is -2.38. The first-order valence-electron chi connectivity index (χ1n) is 7.29. The van der Waals surface area contributed by atoms with Gasteiger partial charge in [-0.15, -0.1) is 0 Å². The minimum absolute atomic E-state index is 0.104. The summed E-state index contributed by atoms with van der Waals surface area (Å²) in [5.41, 5.74) is -0.577. The molecular formula is C15H27NO5. The molecule has 0 fully saturated rings. The maximum absolute atomic E-state index is 11.9. The zero-order valence-corrected chi connectivity index (χ0v) is 13.9. The van der Waals surface area contributed by atoms with Gasteiger partial charge in [0.15, 0.2) is 0 Å². The van der Waals surface area contributed by atoms with Gasteiger partial charge in [0.05, 0.1) is 6.61 Å². The third-order valence-electron chi connectivity index (χ3n) is 2.78. The van der Waals surface area contributed by atoms with E-state index in [1.807, 2.05) is 6.92 Å². The molecule has 1 unspecified atom stereocenters. The smallest absolute Gasteiger partial charge is 0.410 e. The molecule has 6 heteroatoms. The zero-order chi connectivity index (χ0) is 16.6. The molecule has 1 atom stereocenters. The van der Waals surface area contributed by atoms with Crippen LogP contribution in [0.1, 0.15) is 48.0 Å². The van der Waals surface area contributed by atoms with Crippen LogP contribution in [0.3, 0.4) is 0 Å². The predicted molar refractivity (Wildman–Crippen MR) is 78.9 cm³/mol. The van der Waals surface area contributed by atoms with Crippen molar-refractivity contribution < 1.29 is 23.9 Å². The predicted octanol–water partition coefficient (Wildman–Crippen LogP) is 2.40. The molecule has 0 N–H and O–H groups in total. The summed E-state index contributed by atoms with van der Waals surface area (Å²) in [4.78, 5) is 36.7. The lowest BCUT2D eigenvalue weighted by atomic mass is 10.0. The minimum Gasteiger partial charge on any atom is -0.465 e. The second kappa shape index (κ2) is 8.64. The van der Waals surface area contributed by atoms with Crippen molar-refractivity contribution in [2.75, 3.05) is 19.7 Å². The maximum Gasteiger partial charge on any atom is 0.410 e. The number of ketones is 1. The Hall–Kier alpha value is -1.59. The van der Waals surface area contributed by atoms with Crippen LogP contribution in [0.4, 0.5) is 4.79 Å². The molecule has 0 aliphatic heterocycles. The highest BCUT2D eigenvalue weighted by atomic mass is 16.6. The van der Waals surface area contributed by atoms with Gasteiger partial charge < -0.3 is 14.4 Å². The highest BCUT2D eigenvalue weighted by Gasteiger charge is 2.25. The van der Waals surface area contributed by atoms with Gasteiger partial charge in [0.1, 0.15) is 17.3 Å². The Morgan fingerprint density at radius 2 is 1.71 bits per heavy atom. The Labute approximate surface area is 126 Å². The van der Waals surface area contributed by atoms with E-state index in [1.165, 1.54) is 11.8 Å². The largest absolute Gasteiger partial charge is 0.465 e. The second-order valence-corrected chi connectivity index (χ2v) is 5.75. The number of amides is 1. The van der Waals surface area contributed by atoms with E-state index in [-0.39, 0.29) is 25.4 Å². The van der Waals surface area contributed by atoms with Crippen LogP contribution in [0.5, 0.6) is 0 Å². The second-order valence-electron chi connectivity index (χ2n) is 5.75. The van der Waals surface area contributed by atoms with Crippen LogP contribution in [0.25, 0.3) is 0 Å². The highest BCUT2D eigenvalue weighted by Crippen LogP contribution is 2.11. The molecule has 0 spiro atoms. The molecule has 0 aliphatic carbocycles. The monoisotopic (exact) mass is 301 g/mol. The molecule has 0 aromatic rings. The lowest BCUT2D eigenvalue weighted by molar-refractivity contribution is -0.150. The molecule has 0 rings (SSSR count). The molecule has 0 aromatic carbocycles. The summed E-state index contributed by atoms with van der Waals surface area (Å²) < 4.78 is 10.1. The number of hydrogen-bond donors (Lipinski definition) is 0. The lowest BCUT2D eigenvalue weighted by Gasteiger charge is -2.26. The minimum atomic E-state index is -0.803. The highest BCUT2D eigenvalue weighted by molar-refractivity contribution is 5.98. The number of Topliss-reactive ketones (excluding diaryl/α,β-unsaturated/α-hetero) is 1. The third-order valence-corrected chi connectivity index (χ3v) is 2.78. The Morgan fingerprint density at radius 1 is 1.14 bits per heavy atom. The van der Waals surface area contributed by atoms with E-state index in [1.54, 1.807) is 27.7 Å². The molecule has 1 amide bonds. The van der Waals surface area contributed by atoms with E-state index in [4.69, 9.17) is 9.47 Å². The fourth-order valence-electron chi connectivity index (χ4n) is 1.57. The Bertz CT molecular complexity index is 373. The van der Waals surface area contributed by atoms with Crippen LogP contribution < -0.4 is 0 Å². The van der Waals surface area contributed by atoms with Crippen LogP contribution in [0.15, 0.2) is 0 Å². The van der Waals surface area contributed by atoms with E-state index in [9.17, 15) is 14.4 Å². The first-order chi connectivity index (χ1) is 9.62. The summed E-state index contributed by atoms with van der Waals surface area (Å²) in [6.45, 7) is 11.3. The first-order valence-corrected chi connectivity index (χ1v) is 7.29. The van der Waals surface area contributed by atoms with E-state index >= 15 is 0 Å². The van der Waals surface area contributed by atoms with Crippen molar-refractivity contribution in [2.45, 2.75) is 53.6 Å². The summed E-state index contributed by atoms with van der Waals surface area (Å²) in [7, 11) is 0. The van der Waals surface area contributed by atoms with Gasteiger partial charge in [0.2, 0.25) is 0 Å². The molecule has 6 nitrogen and oxygen atoms in total. The van der Waals surface area contributed by atoms with E-state index < -0.39 is 23.6 Å². The summed E-state index contributed by atoms with van der Waals surface area (Å²) in [5, 5.41) is 0. The molecule has 0 bridgehead atoms. The van der Waals surface area contributed by atoms with Gasteiger partial charge in [-0.2, -0.15) is 0 Å². The summed E-state index contributed by atoms with van der Waals surface area (Å²) >= 11 is 0. The maximum atomic E-state index is 11.9. The van der Waals surface area contributed by atoms with Crippen LogP contribution in [-0.2, 0) is 19.1 Å². The first kappa shape index (κ1) is 19.4. The third kappa shape index (κ3) is 7.68. The van der Waals surface area contributed by atoms with Crippen LogP contribution >= 0.6 is 0 Å². The number of rotatable bonds is 7. The normalized spacial score (nSPS) is 12.5. The van der Waals surface area contributed by atoms with Crippen molar-refractivity contribution in [3.8, 4) is 0 Å². The van der Waals surface area contributed by atoms with Crippen molar-refractivity contribution >= 4 is 17.8 Å². The van der Waals surface area contributed by atoms with Crippen molar-refractivity contribution in [2.24, 2.45) is 5.92 Å². The van der Waals surface area contributed by atoms with Gasteiger partial charge >= 0.3 is 12.1 Å². The molecule has 0 aliphatic rings. The Morgan fingerprint density at radius 3 is 2.14 bits per heavy atom. The number of hydrogen-bond acceptors (Lipinski definition) is 5. The molecule has 122 valence electrons. The van der Waals surface area contributed by atoms with Gasteiger partial charge in [0.25, 0.3) is 0 Å². The summed E-state index contributed by atoms with van der Waals surface area (Å²) in [6, 6.07) is 0. The van der Waals surface area contributed by atoms with Crippen molar-refractivity contribution in [3.63, 3.8) is 0 Å². The fraction of sp³-hybridized carbons (Fsp3) is 0.800. The van der Waals surface area contributed by atoms with Gasteiger partial charge in [-0.1, -0.05) is 0 Å². The fourth-order valence-corrected chi connectivity index (χ4v) is 1.57.